The third-order valence-corrected chi connectivity index (χ3v) is 3.13. The van der Waals surface area contributed by atoms with Crippen molar-refractivity contribution in [1.82, 2.24) is 9.88 Å². The van der Waals surface area contributed by atoms with Crippen molar-refractivity contribution in [3.8, 4) is 0 Å². The number of halogens is 1. The van der Waals surface area contributed by atoms with Gasteiger partial charge in [-0.05, 0) is 33.0 Å². The van der Waals surface area contributed by atoms with E-state index >= 15 is 0 Å². The second-order valence-corrected chi connectivity index (χ2v) is 4.42. The molecule has 4 heteroatoms. The van der Waals surface area contributed by atoms with E-state index in [-0.39, 0.29) is 11.3 Å². The standard InChI is InChI=1S/C13H19FN2O/c1-5-16(6-2)13(3,4)12(17)10-7-8-15-9-11(10)14/h7-9H,5-6H2,1-4H3. The lowest BCUT2D eigenvalue weighted by Gasteiger charge is -2.35. The minimum atomic E-state index is -0.703. The molecule has 0 unspecified atom stereocenters. The van der Waals surface area contributed by atoms with E-state index in [0.29, 0.717) is 0 Å². The van der Waals surface area contributed by atoms with Crippen molar-refractivity contribution in [2.24, 2.45) is 0 Å². The van der Waals surface area contributed by atoms with Crippen LogP contribution in [0.4, 0.5) is 4.39 Å². The van der Waals surface area contributed by atoms with Crippen LogP contribution in [0.3, 0.4) is 0 Å². The second kappa shape index (κ2) is 5.36. The average Bonchev–Trinajstić information content (AvgIpc) is 2.30. The van der Waals surface area contributed by atoms with E-state index in [2.05, 4.69) is 4.98 Å². The molecule has 0 N–H and O–H groups in total. The summed E-state index contributed by atoms with van der Waals surface area (Å²) in [5.41, 5.74) is -0.594. The number of nitrogens with zero attached hydrogens (tertiary/aromatic N) is 2. The third-order valence-electron chi connectivity index (χ3n) is 3.13. The van der Waals surface area contributed by atoms with Crippen LogP contribution in [0, 0.1) is 5.82 Å². The van der Waals surface area contributed by atoms with Crippen LogP contribution in [0.1, 0.15) is 38.1 Å². The first-order valence-electron chi connectivity index (χ1n) is 5.84. The van der Waals surface area contributed by atoms with Gasteiger partial charge in [-0.3, -0.25) is 14.7 Å². The zero-order chi connectivity index (χ0) is 13.1. The number of aromatic nitrogens is 1. The van der Waals surface area contributed by atoms with Crippen LogP contribution in [-0.4, -0.2) is 34.3 Å². The Morgan fingerprint density at radius 2 is 2.00 bits per heavy atom. The first-order valence-corrected chi connectivity index (χ1v) is 5.84. The van der Waals surface area contributed by atoms with E-state index in [1.807, 2.05) is 32.6 Å². The van der Waals surface area contributed by atoms with Crippen molar-refractivity contribution in [2.75, 3.05) is 13.1 Å². The summed E-state index contributed by atoms with van der Waals surface area (Å²) in [4.78, 5) is 18.0. The summed E-state index contributed by atoms with van der Waals surface area (Å²) in [5.74, 6) is -0.765. The summed E-state index contributed by atoms with van der Waals surface area (Å²) in [6.07, 6.45) is 2.51. The van der Waals surface area contributed by atoms with Crippen molar-refractivity contribution in [3.63, 3.8) is 0 Å². The lowest BCUT2D eigenvalue weighted by atomic mass is 9.91. The molecule has 0 aliphatic rings. The Bertz CT molecular complexity index is 400. The first-order chi connectivity index (χ1) is 7.95. The molecular weight excluding hydrogens is 219 g/mol. The van der Waals surface area contributed by atoms with Gasteiger partial charge in [0.25, 0.3) is 0 Å². The van der Waals surface area contributed by atoms with Gasteiger partial charge in [0.1, 0.15) is 0 Å². The molecule has 0 aromatic carbocycles. The van der Waals surface area contributed by atoms with Gasteiger partial charge >= 0.3 is 0 Å². The summed E-state index contributed by atoms with van der Waals surface area (Å²) < 4.78 is 13.5. The largest absolute Gasteiger partial charge is 0.292 e. The van der Waals surface area contributed by atoms with Gasteiger partial charge in [-0.25, -0.2) is 4.39 Å². The highest BCUT2D eigenvalue weighted by molar-refractivity contribution is 6.02. The SMILES string of the molecule is CCN(CC)C(C)(C)C(=O)c1ccncc1F. The number of rotatable bonds is 5. The monoisotopic (exact) mass is 238 g/mol. The Morgan fingerprint density at radius 3 is 2.47 bits per heavy atom. The summed E-state index contributed by atoms with van der Waals surface area (Å²) in [6.45, 7) is 9.12. The molecule has 1 heterocycles. The van der Waals surface area contributed by atoms with E-state index in [0.717, 1.165) is 19.3 Å². The van der Waals surface area contributed by atoms with Crippen molar-refractivity contribution in [3.05, 3.63) is 29.8 Å². The van der Waals surface area contributed by atoms with Crippen LogP contribution in [0.5, 0.6) is 0 Å². The van der Waals surface area contributed by atoms with E-state index in [1.54, 1.807) is 0 Å². The van der Waals surface area contributed by atoms with Crippen LogP contribution >= 0.6 is 0 Å². The zero-order valence-corrected chi connectivity index (χ0v) is 10.8. The zero-order valence-electron chi connectivity index (χ0n) is 10.8. The molecule has 17 heavy (non-hydrogen) atoms. The smallest absolute Gasteiger partial charge is 0.185 e. The maximum atomic E-state index is 13.5. The predicted octanol–water partition coefficient (Wildman–Crippen LogP) is 2.52. The molecular formula is C13H19FN2O. The van der Waals surface area contributed by atoms with Gasteiger partial charge in [0.2, 0.25) is 0 Å². The molecule has 1 aromatic heterocycles. The van der Waals surface area contributed by atoms with Crippen molar-refractivity contribution in [2.45, 2.75) is 33.2 Å². The van der Waals surface area contributed by atoms with Crippen molar-refractivity contribution < 1.29 is 9.18 Å². The van der Waals surface area contributed by atoms with Gasteiger partial charge in [-0.15, -0.1) is 0 Å². The van der Waals surface area contributed by atoms with Gasteiger partial charge in [0.05, 0.1) is 17.3 Å². The molecule has 0 aliphatic carbocycles. The molecule has 0 atom stereocenters. The van der Waals surface area contributed by atoms with Crippen molar-refractivity contribution in [1.29, 1.82) is 0 Å². The lowest BCUT2D eigenvalue weighted by molar-refractivity contribution is 0.0664. The molecule has 0 amide bonds. The van der Waals surface area contributed by atoms with Crippen LogP contribution in [0.15, 0.2) is 18.5 Å². The topological polar surface area (TPSA) is 33.2 Å². The minimum absolute atomic E-state index is 0.108. The summed E-state index contributed by atoms with van der Waals surface area (Å²) in [7, 11) is 0. The van der Waals surface area contributed by atoms with Crippen LogP contribution in [-0.2, 0) is 0 Å². The average molecular weight is 238 g/mol. The summed E-state index contributed by atoms with van der Waals surface area (Å²) in [5, 5.41) is 0. The molecule has 1 aromatic rings. The Morgan fingerprint density at radius 1 is 1.41 bits per heavy atom. The normalized spacial score (nSPS) is 11.9. The van der Waals surface area contributed by atoms with Crippen LogP contribution in [0.25, 0.3) is 0 Å². The Hall–Kier alpha value is -1.29. The molecule has 0 saturated heterocycles. The predicted molar refractivity (Wildman–Crippen MR) is 65.5 cm³/mol. The molecule has 0 aliphatic heterocycles. The van der Waals surface area contributed by atoms with Crippen LogP contribution < -0.4 is 0 Å². The van der Waals surface area contributed by atoms with Crippen molar-refractivity contribution >= 4 is 5.78 Å². The Labute approximate surface area is 102 Å². The summed E-state index contributed by atoms with van der Waals surface area (Å²) >= 11 is 0. The molecule has 0 radical (unpaired) electrons. The highest BCUT2D eigenvalue weighted by Crippen LogP contribution is 2.21. The second-order valence-electron chi connectivity index (χ2n) is 4.42. The lowest BCUT2D eigenvalue weighted by Crippen LogP contribution is -2.50. The van der Waals surface area contributed by atoms with Gasteiger partial charge in [-0.2, -0.15) is 0 Å². The number of ketones is 1. The molecule has 1 rings (SSSR count). The number of carbonyl (C=O) groups excluding carboxylic acids is 1. The Kier molecular flexibility index (Phi) is 4.34. The number of likely N-dealkylation sites (N-methyl/N-ethyl adjacent to an activating group) is 1. The van der Waals surface area contributed by atoms with Crippen LogP contribution in [0.2, 0.25) is 0 Å². The number of carbonyl (C=O) groups is 1. The quantitative estimate of drug-likeness (QED) is 0.739. The molecule has 0 fully saturated rings. The molecule has 0 spiro atoms. The van der Waals surface area contributed by atoms with E-state index in [1.165, 1.54) is 12.3 Å². The minimum Gasteiger partial charge on any atom is -0.292 e. The highest BCUT2D eigenvalue weighted by atomic mass is 19.1. The highest BCUT2D eigenvalue weighted by Gasteiger charge is 2.34. The summed E-state index contributed by atoms with van der Waals surface area (Å²) in [6, 6.07) is 1.43. The number of pyridine rings is 1. The van der Waals surface area contributed by atoms with Gasteiger partial charge in [0.15, 0.2) is 11.6 Å². The van der Waals surface area contributed by atoms with Gasteiger partial charge in [-0.1, -0.05) is 13.8 Å². The maximum absolute atomic E-state index is 13.5. The Balaban J connectivity index is 3.08. The van der Waals surface area contributed by atoms with E-state index in [9.17, 15) is 9.18 Å². The third kappa shape index (κ3) is 2.69. The number of Topliss-reactive ketones (excluding diaryl/α,β-unsaturated/α-hetero) is 1. The molecule has 0 saturated carbocycles. The number of hydrogen-bond donors (Lipinski definition) is 0. The van der Waals surface area contributed by atoms with E-state index in [4.69, 9.17) is 0 Å². The first kappa shape index (κ1) is 13.8. The molecule has 0 bridgehead atoms. The maximum Gasteiger partial charge on any atom is 0.185 e. The molecule has 94 valence electrons. The molecule has 3 nitrogen and oxygen atoms in total. The van der Waals surface area contributed by atoms with Gasteiger partial charge < -0.3 is 0 Å². The fourth-order valence-corrected chi connectivity index (χ4v) is 2.05. The fraction of sp³-hybridized carbons (Fsp3) is 0.538. The number of hydrogen-bond acceptors (Lipinski definition) is 3. The van der Waals surface area contributed by atoms with E-state index < -0.39 is 11.4 Å². The fourth-order valence-electron chi connectivity index (χ4n) is 2.05. The van der Waals surface area contributed by atoms with Gasteiger partial charge in [0, 0.05) is 6.20 Å².